The molecule has 1 N–H and O–H groups in total. The van der Waals surface area contributed by atoms with E-state index < -0.39 is 0 Å². The molecule has 1 aromatic carbocycles. The van der Waals surface area contributed by atoms with Crippen molar-refractivity contribution in [2.24, 2.45) is 0 Å². The first-order valence-electron chi connectivity index (χ1n) is 7.84. The highest BCUT2D eigenvalue weighted by Crippen LogP contribution is 2.39. The smallest absolute Gasteiger partial charge is 0.159 e. The highest BCUT2D eigenvalue weighted by atomic mass is 35.5. The van der Waals surface area contributed by atoms with Crippen LogP contribution in [-0.2, 0) is 6.42 Å². The highest BCUT2D eigenvalue weighted by Gasteiger charge is 2.26. The fourth-order valence-corrected chi connectivity index (χ4v) is 2.82. The number of aromatic amines is 1. The monoisotopic (exact) mass is 338 g/mol. The second-order valence-corrected chi connectivity index (χ2v) is 6.40. The quantitative estimate of drug-likeness (QED) is 0.718. The lowest BCUT2D eigenvalue weighted by Gasteiger charge is -2.04. The number of halogens is 1. The fraction of sp³-hybridized carbons (Fsp3) is 0.222. The number of carbonyl (C=O) groups excluding carboxylic acids is 1. The summed E-state index contributed by atoms with van der Waals surface area (Å²) in [5, 5.41) is 7.88. The summed E-state index contributed by atoms with van der Waals surface area (Å²) in [5.74, 6) is 1.21. The van der Waals surface area contributed by atoms with E-state index in [9.17, 15) is 4.79 Å². The van der Waals surface area contributed by atoms with Crippen molar-refractivity contribution < 1.29 is 4.79 Å². The van der Waals surface area contributed by atoms with Gasteiger partial charge in [0.1, 0.15) is 0 Å². The number of H-pyrrole nitrogens is 1. The Morgan fingerprint density at radius 3 is 2.92 bits per heavy atom. The lowest BCUT2D eigenvalue weighted by molar-refractivity contribution is 0.112. The molecule has 0 spiro atoms. The average molecular weight is 339 g/mol. The van der Waals surface area contributed by atoms with Crippen molar-refractivity contribution in [1.29, 1.82) is 0 Å². The number of benzene rings is 1. The average Bonchev–Trinajstić information content (AvgIpc) is 3.35. The Balaban J connectivity index is 1.59. The number of aromatic nitrogens is 4. The van der Waals surface area contributed by atoms with Gasteiger partial charge in [-0.05, 0) is 43.2 Å². The van der Waals surface area contributed by atoms with Crippen molar-refractivity contribution >= 4 is 17.9 Å². The van der Waals surface area contributed by atoms with Gasteiger partial charge in [0.25, 0.3) is 0 Å². The van der Waals surface area contributed by atoms with Crippen LogP contribution in [0, 0.1) is 0 Å². The van der Waals surface area contributed by atoms with Crippen LogP contribution in [0.15, 0.2) is 36.5 Å². The zero-order valence-corrected chi connectivity index (χ0v) is 13.6. The molecule has 0 saturated heterocycles. The van der Waals surface area contributed by atoms with Gasteiger partial charge < -0.3 is 0 Å². The van der Waals surface area contributed by atoms with Crippen LogP contribution < -0.4 is 0 Å². The standard InChI is InChI=1S/C18H15ClN4O/c19-16-4-3-12(7-13(16)10-24)18-20-6-5-14(21-18)8-15-9-17(23-22-15)11-1-2-11/h3-7,9-11H,1-2,8H2,(H,22,23). The molecule has 0 unspecified atom stereocenters. The maximum absolute atomic E-state index is 11.0. The van der Waals surface area contributed by atoms with Crippen molar-refractivity contribution in [2.75, 3.05) is 0 Å². The van der Waals surface area contributed by atoms with Gasteiger partial charge in [0.15, 0.2) is 12.1 Å². The maximum atomic E-state index is 11.0. The van der Waals surface area contributed by atoms with Gasteiger partial charge in [-0.3, -0.25) is 9.89 Å². The molecule has 0 aliphatic heterocycles. The molecule has 3 aromatic rings. The molecule has 0 bridgehead atoms. The minimum atomic E-state index is 0.426. The number of nitrogens with one attached hydrogen (secondary N) is 1. The molecule has 1 aliphatic carbocycles. The third kappa shape index (κ3) is 3.08. The topological polar surface area (TPSA) is 71.5 Å². The summed E-state index contributed by atoms with van der Waals surface area (Å²) in [6.07, 6.45) is 5.60. The van der Waals surface area contributed by atoms with Gasteiger partial charge in [-0.15, -0.1) is 0 Å². The van der Waals surface area contributed by atoms with Crippen LogP contribution in [0.5, 0.6) is 0 Å². The lowest BCUT2D eigenvalue weighted by Crippen LogP contribution is -1.97. The van der Waals surface area contributed by atoms with E-state index in [0.717, 1.165) is 28.9 Å². The third-order valence-electron chi connectivity index (χ3n) is 4.11. The maximum Gasteiger partial charge on any atom is 0.159 e. The van der Waals surface area contributed by atoms with E-state index in [1.807, 2.05) is 12.1 Å². The van der Waals surface area contributed by atoms with Gasteiger partial charge >= 0.3 is 0 Å². The van der Waals surface area contributed by atoms with E-state index in [2.05, 4.69) is 26.2 Å². The summed E-state index contributed by atoms with van der Waals surface area (Å²) in [6.45, 7) is 0. The Morgan fingerprint density at radius 1 is 1.25 bits per heavy atom. The lowest BCUT2D eigenvalue weighted by atomic mass is 10.1. The molecular weight excluding hydrogens is 324 g/mol. The van der Waals surface area contributed by atoms with Crippen molar-refractivity contribution in [1.82, 2.24) is 20.2 Å². The molecule has 1 saturated carbocycles. The molecule has 24 heavy (non-hydrogen) atoms. The van der Waals surface area contributed by atoms with E-state index in [1.54, 1.807) is 18.3 Å². The molecule has 2 aromatic heterocycles. The Hall–Kier alpha value is -2.53. The molecule has 2 heterocycles. The fourth-order valence-electron chi connectivity index (χ4n) is 2.66. The number of rotatable bonds is 5. The zero-order chi connectivity index (χ0) is 16.5. The van der Waals surface area contributed by atoms with Crippen LogP contribution in [0.2, 0.25) is 5.02 Å². The number of carbonyl (C=O) groups is 1. The van der Waals surface area contributed by atoms with Crippen LogP contribution in [0.25, 0.3) is 11.4 Å². The van der Waals surface area contributed by atoms with Gasteiger partial charge in [-0.1, -0.05) is 11.6 Å². The van der Waals surface area contributed by atoms with E-state index >= 15 is 0 Å². The minimum absolute atomic E-state index is 0.426. The van der Waals surface area contributed by atoms with E-state index in [1.165, 1.54) is 12.8 Å². The molecule has 0 radical (unpaired) electrons. The van der Waals surface area contributed by atoms with Crippen molar-refractivity contribution in [3.63, 3.8) is 0 Å². The summed E-state index contributed by atoms with van der Waals surface area (Å²) < 4.78 is 0. The van der Waals surface area contributed by atoms with E-state index in [-0.39, 0.29) is 0 Å². The summed E-state index contributed by atoms with van der Waals surface area (Å²) in [5.41, 5.74) is 4.30. The second kappa shape index (κ2) is 6.17. The Labute approximate surface area is 144 Å². The first kappa shape index (κ1) is 15.0. The van der Waals surface area contributed by atoms with Gasteiger partial charge in [0.2, 0.25) is 0 Å². The van der Waals surface area contributed by atoms with Crippen LogP contribution in [0.1, 0.15) is 46.2 Å². The summed E-state index contributed by atoms with van der Waals surface area (Å²) in [7, 11) is 0. The molecule has 1 fully saturated rings. The first-order valence-corrected chi connectivity index (χ1v) is 8.22. The third-order valence-corrected chi connectivity index (χ3v) is 4.46. The highest BCUT2D eigenvalue weighted by molar-refractivity contribution is 6.33. The van der Waals surface area contributed by atoms with Gasteiger partial charge in [-0.2, -0.15) is 5.10 Å². The van der Waals surface area contributed by atoms with Crippen molar-refractivity contribution in [3.05, 3.63) is 64.2 Å². The minimum Gasteiger partial charge on any atom is -0.298 e. The van der Waals surface area contributed by atoms with Gasteiger partial charge in [0.05, 0.1) is 16.4 Å². The van der Waals surface area contributed by atoms with Gasteiger partial charge in [0, 0.05) is 35.4 Å². The summed E-state index contributed by atoms with van der Waals surface area (Å²) in [6, 6.07) is 9.21. The Morgan fingerprint density at radius 2 is 2.12 bits per heavy atom. The molecule has 1 aliphatic rings. The summed E-state index contributed by atoms with van der Waals surface area (Å²) in [4.78, 5) is 19.9. The molecule has 120 valence electrons. The van der Waals surface area contributed by atoms with E-state index in [0.29, 0.717) is 28.7 Å². The number of aldehydes is 1. The molecule has 0 amide bonds. The molecule has 0 atom stereocenters. The summed E-state index contributed by atoms with van der Waals surface area (Å²) >= 11 is 5.97. The Kier molecular flexibility index (Phi) is 3.86. The zero-order valence-electron chi connectivity index (χ0n) is 12.9. The molecule has 5 nitrogen and oxygen atoms in total. The Bertz CT molecular complexity index is 902. The normalized spacial score (nSPS) is 13.9. The largest absolute Gasteiger partial charge is 0.298 e. The molecular formula is C18H15ClN4O. The van der Waals surface area contributed by atoms with Crippen LogP contribution in [0.4, 0.5) is 0 Å². The van der Waals surface area contributed by atoms with Crippen LogP contribution in [0.3, 0.4) is 0 Å². The van der Waals surface area contributed by atoms with Crippen LogP contribution >= 0.6 is 11.6 Å². The van der Waals surface area contributed by atoms with E-state index in [4.69, 9.17) is 11.6 Å². The molecule has 4 rings (SSSR count). The van der Waals surface area contributed by atoms with Crippen LogP contribution in [-0.4, -0.2) is 26.5 Å². The number of hydrogen-bond acceptors (Lipinski definition) is 4. The predicted octanol–water partition coefficient (Wildman–Crippen LogP) is 3.80. The SMILES string of the molecule is O=Cc1cc(-c2nccc(Cc3cc(C4CC4)n[nH]3)n2)ccc1Cl. The number of hydrogen-bond donors (Lipinski definition) is 1. The van der Waals surface area contributed by atoms with Gasteiger partial charge in [-0.25, -0.2) is 9.97 Å². The predicted molar refractivity (Wildman–Crippen MR) is 91.2 cm³/mol. The molecule has 6 heteroatoms. The number of nitrogens with zero attached hydrogens (tertiary/aromatic N) is 3. The van der Waals surface area contributed by atoms with Crippen molar-refractivity contribution in [2.45, 2.75) is 25.2 Å². The second-order valence-electron chi connectivity index (χ2n) is 5.99. The first-order chi connectivity index (χ1) is 11.7. The van der Waals surface area contributed by atoms with Crippen molar-refractivity contribution in [3.8, 4) is 11.4 Å².